The van der Waals surface area contributed by atoms with E-state index in [0.717, 1.165) is 11.3 Å². The standard InChI is InChI=1S/C17H18N2O3/c1-2-22-15-9-5-13(6-10-15)17(21)19-14-7-3-12(4-8-14)11-16(18)20/h3-10H,2,11H2,1H3,(H2,18,20)(H,19,21). The van der Waals surface area contributed by atoms with E-state index in [2.05, 4.69) is 5.32 Å². The SMILES string of the molecule is CCOc1ccc(C(=O)Nc2ccc(CC(N)=O)cc2)cc1. The van der Waals surface area contributed by atoms with Crippen molar-refractivity contribution in [3.05, 3.63) is 59.7 Å². The van der Waals surface area contributed by atoms with Crippen LogP contribution in [0, 0.1) is 0 Å². The smallest absolute Gasteiger partial charge is 0.255 e. The monoisotopic (exact) mass is 298 g/mol. The number of benzene rings is 2. The number of nitrogens with two attached hydrogens (primary N) is 1. The Morgan fingerprint density at radius 1 is 1.05 bits per heavy atom. The van der Waals surface area contributed by atoms with Crippen molar-refractivity contribution in [1.82, 2.24) is 0 Å². The summed E-state index contributed by atoms with van der Waals surface area (Å²) < 4.78 is 5.33. The molecule has 2 aromatic rings. The Kier molecular flexibility index (Phi) is 5.14. The largest absolute Gasteiger partial charge is 0.494 e. The summed E-state index contributed by atoms with van der Waals surface area (Å²) in [5.74, 6) is 0.145. The maximum absolute atomic E-state index is 12.1. The molecule has 2 rings (SSSR count). The minimum Gasteiger partial charge on any atom is -0.494 e. The Labute approximate surface area is 129 Å². The van der Waals surface area contributed by atoms with Gasteiger partial charge in [0.15, 0.2) is 0 Å². The van der Waals surface area contributed by atoms with Gasteiger partial charge in [-0.25, -0.2) is 0 Å². The van der Waals surface area contributed by atoms with Gasteiger partial charge in [-0.3, -0.25) is 9.59 Å². The van der Waals surface area contributed by atoms with Crippen LogP contribution in [0.5, 0.6) is 5.75 Å². The second-order valence-electron chi connectivity index (χ2n) is 4.75. The lowest BCUT2D eigenvalue weighted by atomic mass is 10.1. The van der Waals surface area contributed by atoms with Gasteiger partial charge in [0.2, 0.25) is 5.91 Å². The maximum atomic E-state index is 12.1. The van der Waals surface area contributed by atoms with Crippen LogP contribution in [0.25, 0.3) is 0 Å². The van der Waals surface area contributed by atoms with Crippen LogP contribution in [0.2, 0.25) is 0 Å². The summed E-state index contributed by atoms with van der Waals surface area (Å²) in [7, 11) is 0. The Morgan fingerprint density at radius 2 is 1.68 bits per heavy atom. The quantitative estimate of drug-likeness (QED) is 0.859. The second kappa shape index (κ2) is 7.26. The van der Waals surface area contributed by atoms with Crippen LogP contribution < -0.4 is 15.8 Å². The lowest BCUT2D eigenvalue weighted by molar-refractivity contribution is -0.117. The number of primary amides is 1. The third-order valence-electron chi connectivity index (χ3n) is 3.02. The Bertz CT molecular complexity index is 649. The molecule has 0 fully saturated rings. The summed E-state index contributed by atoms with van der Waals surface area (Å²) in [6, 6.07) is 13.9. The number of anilines is 1. The van der Waals surface area contributed by atoms with Crippen LogP contribution in [-0.4, -0.2) is 18.4 Å². The van der Waals surface area contributed by atoms with E-state index < -0.39 is 0 Å². The molecule has 22 heavy (non-hydrogen) atoms. The summed E-state index contributed by atoms with van der Waals surface area (Å²) in [5.41, 5.74) is 7.15. The molecule has 5 heteroatoms. The van der Waals surface area contributed by atoms with E-state index in [1.165, 1.54) is 0 Å². The first kappa shape index (κ1) is 15.6. The van der Waals surface area contributed by atoms with Crippen molar-refractivity contribution in [3.63, 3.8) is 0 Å². The first-order chi connectivity index (χ1) is 10.6. The van der Waals surface area contributed by atoms with Crippen molar-refractivity contribution < 1.29 is 14.3 Å². The fraction of sp³-hybridized carbons (Fsp3) is 0.176. The second-order valence-corrected chi connectivity index (χ2v) is 4.75. The van der Waals surface area contributed by atoms with Crippen LogP contribution in [0.1, 0.15) is 22.8 Å². The molecule has 2 amide bonds. The van der Waals surface area contributed by atoms with Gasteiger partial charge in [-0.15, -0.1) is 0 Å². The molecule has 0 heterocycles. The molecule has 0 aromatic heterocycles. The van der Waals surface area contributed by atoms with Crippen LogP contribution in [-0.2, 0) is 11.2 Å². The molecule has 0 bridgehead atoms. The van der Waals surface area contributed by atoms with Crippen molar-refractivity contribution in [3.8, 4) is 5.75 Å². The lowest BCUT2D eigenvalue weighted by Crippen LogP contribution is -2.14. The van der Waals surface area contributed by atoms with E-state index in [4.69, 9.17) is 10.5 Å². The molecule has 0 saturated heterocycles. The summed E-state index contributed by atoms with van der Waals surface area (Å²) in [6.07, 6.45) is 0.188. The average Bonchev–Trinajstić information content (AvgIpc) is 2.50. The number of carbonyl (C=O) groups excluding carboxylic acids is 2. The average molecular weight is 298 g/mol. The van der Waals surface area contributed by atoms with Crippen LogP contribution >= 0.6 is 0 Å². The van der Waals surface area contributed by atoms with Crippen molar-refractivity contribution in [2.24, 2.45) is 5.73 Å². The van der Waals surface area contributed by atoms with E-state index in [9.17, 15) is 9.59 Å². The molecule has 0 aliphatic rings. The number of rotatable bonds is 6. The number of hydrogen-bond donors (Lipinski definition) is 2. The molecule has 0 aliphatic carbocycles. The molecule has 3 N–H and O–H groups in total. The number of amides is 2. The molecule has 0 saturated carbocycles. The van der Waals surface area contributed by atoms with Gasteiger partial charge in [0.25, 0.3) is 5.91 Å². The highest BCUT2D eigenvalue weighted by Crippen LogP contribution is 2.15. The Hall–Kier alpha value is -2.82. The van der Waals surface area contributed by atoms with Crippen LogP contribution in [0.15, 0.2) is 48.5 Å². The minimum atomic E-state index is -0.383. The zero-order chi connectivity index (χ0) is 15.9. The van der Waals surface area contributed by atoms with E-state index in [-0.39, 0.29) is 18.2 Å². The molecule has 0 atom stereocenters. The van der Waals surface area contributed by atoms with Crippen molar-refractivity contribution in [1.29, 1.82) is 0 Å². The van der Waals surface area contributed by atoms with Gasteiger partial charge in [-0.05, 0) is 48.9 Å². The molecule has 0 aliphatic heterocycles. The highest BCUT2D eigenvalue weighted by Gasteiger charge is 2.06. The number of nitrogens with one attached hydrogen (secondary N) is 1. The predicted molar refractivity (Wildman–Crippen MR) is 84.9 cm³/mol. The Balaban J connectivity index is 2.00. The van der Waals surface area contributed by atoms with Gasteiger partial charge < -0.3 is 15.8 Å². The summed E-state index contributed by atoms with van der Waals surface area (Å²) in [6.45, 7) is 2.49. The molecule has 5 nitrogen and oxygen atoms in total. The summed E-state index contributed by atoms with van der Waals surface area (Å²) >= 11 is 0. The molecule has 2 aromatic carbocycles. The Morgan fingerprint density at radius 3 is 2.23 bits per heavy atom. The first-order valence-electron chi connectivity index (χ1n) is 7.00. The molecule has 0 unspecified atom stereocenters. The van der Waals surface area contributed by atoms with Gasteiger partial charge in [-0.1, -0.05) is 12.1 Å². The van der Waals surface area contributed by atoms with E-state index in [1.54, 1.807) is 48.5 Å². The van der Waals surface area contributed by atoms with Crippen molar-refractivity contribution in [2.45, 2.75) is 13.3 Å². The summed E-state index contributed by atoms with van der Waals surface area (Å²) in [5, 5.41) is 2.79. The fourth-order valence-electron chi connectivity index (χ4n) is 1.98. The number of carbonyl (C=O) groups is 2. The highest BCUT2D eigenvalue weighted by molar-refractivity contribution is 6.04. The summed E-state index contributed by atoms with van der Waals surface area (Å²) in [4.78, 5) is 23.0. The third kappa shape index (κ3) is 4.34. The van der Waals surface area contributed by atoms with Crippen molar-refractivity contribution in [2.75, 3.05) is 11.9 Å². The molecule has 0 radical (unpaired) electrons. The fourth-order valence-corrected chi connectivity index (χ4v) is 1.98. The van der Waals surface area contributed by atoms with E-state index in [1.807, 2.05) is 6.92 Å². The molecular formula is C17H18N2O3. The van der Waals surface area contributed by atoms with Gasteiger partial charge in [0, 0.05) is 11.3 Å². The molecule has 114 valence electrons. The normalized spacial score (nSPS) is 10.0. The predicted octanol–water partition coefficient (Wildman–Crippen LogP) is 2.37. The molecular weight excluding hydrogens is 280 g/mol. The van der Waals surface area contributed by atoms with Gasteiger partial charge >= 0.3 is 0 Å². The number of hydrogen-bond acceptors (Lipinski definition) is 3. The van der Waals surface area contributed by atoms with Crippen LogP contribution in [0.4, 0.5) is 5.69 Å². The van der Waals surface area contributed by atoms with E-state index >= 15 is 0 Å². The van der Waals surface area contributed by atoms with Crippen molar-refractivity contribution >= 4 is 17.5 Å². The van der Waals surface area contributed by atoms with Gasteiger partial charge in [0.05, 0.1) is 13.0 Å². The topological polar surface area (TPSA) is 81.4 Å². The first-order valence-corrected chi connectivity index (χ1v) is 7.00. The van der Waals surface area contributed by atoms with Gasteiger partial charge in [0.1, 0.15) is 5.75 Å². The lowest BCUT2D eigenvalue weighted by Gasteiger charge is -2.07. The minimum absolute atomic E-state index is 0.188. The third-order valence-corrected chi connectivity index (χ3v) is 3.02. The van der Waals surface area contributed by atoms with E-state index in [0.29, 0.717) is 17.9 Å². The zero-order valence-corrected chi connectivity index (χ0v) is 12.3. The highest BCUT2D eigenvalue weighted by atomic mass is 16.5. The van der Waals surface area contributed by atoms with Gasteiger partial charge in [-0.2, -0.15) is 0 Å². The zero-order valence-electron chi connectivity index (χ0n) is 12.3. The van der Waals surface area contributed by atoms with Crippen LogP contribution in [0.3, 0.4) is 0 Å². The maximum Gasteiger partial charge on any atom is 0.255 e. The molecule has 0 spiro atoms. The number of ether oxygens (including phenoxy) is 1.